The minimum atomic E-state index is -4.37. The van der Waals surface area contributed by atoms with Crippen LogP contribution in [0.3, 0.4) is 0 Å². The van der Waals surface area contributed by atoms with Crippen molar-refractivity contribution in [3.05, 3.63) is 69.8 Å². The minimum Gasteiger partial charge on any atom is -0.360 e. The first kappa shape index (κ1) is 20.7. The van der Waals surface area contributed by atoms with E-state index in [0.717, 1.165) is 15.7 Å². The molecular weight excluding hydrogens is 383 g/mol. The highest BCUT2D eigenvalue weighted by molar-refractivity contribution is 6.06. The van der Waals surface area contributed by atoms with Crippen LogP contribution < -0.4 is 10.9 Å². The third kappa shape index (κ3) is 4.52. The van der Waals surface area contributed by atoms with Gasteiger partial charge in [-0.05, 0) is 32.4 Å². The number of benzene rings is 1. The molecule has 0 fully saturated rings. The molecule has 0 unspecified atom stereocenters. The molecule has 0 aliphatic rings. The van der Waals surface area contributed by atoms with E-state index < -0.39 is 36.1 Å². The molecule has 0 saturated heterocycles. The molecule has 1 aromatic carbocycles. The maximum absolute atomic E-state index is 12.9. The fourth-order valence-electron chi connectivity index (χ4n) is 3.17. The van der Waals surface area contributed by atoms with Crippen LogP contribution in [0.2, 0.25) is 0 Å². The molecule has 0 saturated carbocycles. The van der Waals surface area contributed by atoms with E-state index in [4.69, 9.17) is 0 Å². The Morgan fingerprint density at radius 2 is 1.79 bits per heavy atom. The van der Waals surface area contributed by atoms with Gasteiger partial charge < -0.3 is 14.9 Å². The SMILES string of the molecule is Cc1ccc(C(C)(C)NC(=O)c2c[nH]c3ccn(CCC(F)(F)F)c(=O)c23)cc1. The number of fused-ring (bicyclic) bond motifs is 1. The largest absolute Gasteiger partial charge is 0.390 e. The zero-order valence-corrected chi connectivity index (χ0v) is 16.4. The Hall–Kier alpha value is -3.03. The second-order valence-corrected chi connectivity index (χ2v) is 7.62. The van der Waals surface area contributed by atoms with Crippen molar-refractivity contribution >= 4 is 16.8 Å². The average Bonchev–Trinajstić information content (AvgIpc) is 3.05. The molecule has 0 radical (unpaired) electrons. The topological polar surface area (TPSA) is 66.9 Å². The lowest BCUT2D eigenvalue weighted by atomic mass is 9.93. The van der Waals surface area contributed by atoms with Gasteiger partial charge in [0.25, 0.3) is 11.5 Å². The fraction of sp³-hybridized carbons (Fsp3) is 0.333. The molecule has 3 rings (SSSR count). The van der Waals surface area contributed by atoms with Crippen LogP contribution in [0.5, 0.6) is 0 Å². The molecule has 8 heteroatoms. The molecule has 2 heterocycles. The first-order chi connectivity index (χ1) is 13.5. The summed E-state index contributed by atoms with van der Waals surface area (Å²) >= 11 is 0. The Kier molecular flexibility index (Phi) is 5.30. The minimum absolute atomic E-state index is 0.0758. The van der Waals surface area contributed by atoms with E-state index in [0.29, 0.717) is 5.52 Å². The van der Waals surface area contributed by atoms with Gasteiger partial charge in [0, 0.05) is 18.9 Å². The number of carbonyl (C=O) groups is 1. The number of alkyl halides is 3. The number of halogens is 3. The van der Waals surface area contributed by atoms with Gasteiger partial charge in [-0.15, -0.1) is 0 Å². The molecule has 0 aliphatic heterocycles. The van der Waals surface area contributed by atoms with Crippen LogP contribution in [0.1, 0.15) is 41.8 Å². The standard InChI is InChI=1S/C21H22F3N3O2/c1-13-4-6-14(7-5-13)20(2,3)26-18(28)15-12-25-16-8-10-27(19(29)17(15)16)11-9-21(22,23)24/h4-8,10,12,25H,9,11H2,1-3H3,(H,26,28). The van der Waals surface area contributed by atoms with Crippen molar-refractivity contribution < 1.29 is 18.0 Å². The molecule has 29 heavy (non-hydrogen) atoms. The Balaban J connectivity index is 1.91. The van der Waals surface area contributed by atoms with Gasteiger partial charge in [-0.25, -0.2) is 0 Å². The summed E-state index contributed by atoms with van der Waals surface area (Å²) in [5.74, 6) is -0.479. The lowest BCUT2D eigenvalue weighted by molar-refractivity contribution is -0.136. The summed E-state index contributed by atoms with van der Waals surface area (Å²) < 4.78 is 38.5. The van der Waals surface area contributed by atoms with Gasteiger partial charge in [0.15, 0.2) is 0 Å². The van der Waals surface area contributed by atoms with Gasteiger partial charge in [0.2, 0.25) is 0 Å². The van der Waals surface area contributed by atoms with Gasteiger partial charge in [-0.3, -0.25) is 9.59 Å². The lowest BCUT2D eigenvalue weighted by Crippen LogP contribution is -2.41. The number of aromatic amines is 1. The summed E-state index contributed by atoms with van der Waals surface area (Å²) in [4.78, 5) is 28.4. The van der Waals surface area contributed by atoms with Crippen LogP contribution in [-0.4, -0.2) is 21.6 Å². The van der Waals surface area contributed by atoms with Crippen molar-refractivity contribution in [1.82, 2.24) is 14.9 Å². The molecule has 0 aliphatic carbocycles. The van der Waals surface area contributed by atoms with Gasteiger partial charge in [-0.2, -0.15) is 13.2 Å². The molecule has 0 atom stereocenters. The molecule has 0 spiro atoms. The van der Waals surface area contributed by atoms with Gasteiger partial charge in [0.1, 0.15) is 0 Å². The number of hydrogen-bond donors (Lipinski definition) is 2. The lowest BCUT2D eigenvalue weighted by Gasteiger charge is -2.27. The average molecular weight is 405 g/mol. The Morgan fingerprint density at radius 1 is 1.14 bits per heavy atom. The maximum atomic E-state index is 12.9. The molecular formula is C21H22F3N3O2. The van der Waals surface area contributed by atoms with Crippen LogP contribution in [0.25, 0.3) is 10.9 Å². The second-order valence-electron chi connectivity index (χ2n) is 7.62. The van der Waals surface area contributed by atoms with Crippen LogP contribution in [0.4, 0.5) is 13.2 Å². The van der Waals surface area contributed by atoms with E-state index in [9.17, 15) is 22.8 Å². The molecule has 2 aromatic heterocycles. The van der Waals surface area contributed by atoms with E-state index in [1.165, 1.54) is 18.5 Å². The van der Waals surface area contributed by atoms with E-state index >= 15 is 0 Å². The molecule has 2 N–H and O–H groups in total. The zero-order chi connectivity index (χ0) is 21.4. The number of nitrogens with one attached hydrogen (secondary N) is 2. The Morgan fingerprint density at radius 3 is 2.41 bits per heavy atom. The third-order valence-corrected chi connectivity index (χ3v) is 4.89. The van der Waals surface area contributed by atoms with Crippen LogP contribution in [-0.2, 0) is 12.1 Å². The summed E-state index contributed by atoms with van der Waals surface area (Å²) in [5.41, 5.74) is 1.14. The first-order valence-corrected chi connectivity index (χ1v) is 9.15. The number of hydrogen-bond acceptors (Lipinski definition) is 2. The van der Waals surface area contributed by atoms with E-state index in [-0.39, 0.29) is 10.9 Å². The summed E-state index contributed by atoms with van der Waals surface area (Å²) in [6.07, 6.45) is -2.79. The van der Waals surface area contributed by atoms with E-state index in [2.05, 4.69) is 10.3 Å². The number of aryl methyl sites for hydroxylation is 2. The quantitative estimate of drug-likeness (QED) is 0.666. The molecule has 3 aromatic rings. The van der Waals surface area contributed by atoms with Crippen molar-refractivity contribution in [2.75, 3.05) is 0 Å². The predicted octanol–water partition coefficient (Wildman–Crippen LogP) is 4.26. The molecule has 154 valence electrons. The van der Waals surface area contributed by atoms with Crippen molar-refractivity contribution in [1.29, 1.82) is 0 Å². The van der Waals surface area contributed by atoms with Crippen molar-refractivity contribution in [3.63, 3.8) is 0 Å². The summed E-state index contributed by atoms with van der Waals surface area (Å²) in [7, 11) is 0. The number of pyridine rings is 1. The third-order valence-electron chi connectivity index (χ3n) is 4.89. The molecule has 5 nitrogen and oxygen atoms in total. The fourth-order valence-corrected chi connectivity index (χ4v) is 3.17. The van der Waals surface area contributed by atoms with E-state index in [1.54, 1.807) is 0 Å². The number of carbonyl (C=O) groups excluding carboxylic acids is 1. The number of H-pyrrole nitrogens is 1. The highest BCUT2D eigenvalue weighted by atomic mass is 19.4. The highest BCUT2D eigenvalue weighted by Crippen LogP contribution is 2.23. The normalized spacial score (nSPS) is 12.3. The van der Waals surface area contributed by atoms with Crippen LogP contribution in [0.15, 0.2) is 47.5 Å². The van der Waals surface area contributed by atoms with Gasteiger partial charge in [0.05, 0.1) is 28.4 Å². The summed E-state index contributed by atoms with van der Waals surface area (Å²) in [6, 6.07) is 9.20. The smallest absolute Gasteiger partial charge is 0.360 e. The van der Waals surface area contributed by atoms with Crippen molar-refractivity contribution in [2.45, 2.75) is 45.5 Å². The zero-order valence-electron chi connectivity index (χ0n) is 16.4. The predicted molar refractivity (Wildman–Crippen MR) is 105 cm³/mol. The Bertz CT molecular complexity index is 1090. The summed E-state index contributed by atoms with van der Waals surface area (Å²) in [6.45, 7) is 5.14. The second kappa shape index (κ2) is 7.42. The maximum Gasteiger partial charge on any atom is 0.390 e. The van der Waals surface area contributed by atoms with Crippen molar-refractivity contribution in [3.8, 4) is 0 Å². The van der Waals surface area contributed by atoms with Gasteiger partial charge >= 0.3 is 6.18 Å². The van der Waals surface area contributed by atoms with Gasteiger partial charge in [-0.1, -0.05) is 29.8 Å². The van der Waals surface area contributed by atoms with Crippen LogP contribution in [0, 0.1) is 6.92 Å². The molecule has 1 amide bonds. The summed E-state index contributed by atoms with van der Waals surface area (Å²) in [5, 5.41) is 2.98. The monoisotopic (exact) mass is 405 g/mol. The number of amides is 1. The number of rotatable bonds is 5. The Labute approximate surface area is 165 Å². The molecule has 0 bridgehead atoms. The number of aromatic nitrogens is 2. The van der Waals surface area contributed by atoms with Crippen LogP contribution >= 0.6 is 0 Å². The first-order valence-electron chi connectivity index (χ1n) is 9.15. The highest BCUT2D eigenvalue weighted by Gasteiger charge is 2.28. The van der Waals surface area contributed by atoms with E-state index in [1.807, 2.05) is 45.0 Å². The number of nitrogens with zero attached hydrogens (tertiary/aromatic N) is 1. The van der Waals surface area contributed by atoms with Crippen molar-refractivity contribution in [2.24, 2.45) is 0 Å².